The van der Waals surface area contributed by atoms with Crippen molar-refractivity contribution in [2.75, 3.05) is 60.7 Å². The zero-order valence-electron chi connectivity index (χ0n) is 17.5. The third-order valence-electron chi connectivity index (χ3n) is 4.46. The Labute approximate surface area is 178 Å². The molecule has 6 N–H and O–H groups in total. The van der Waals surface area contributed by atoms with Crippen LogP contribution in [0.5, 0.6) is 0 Å². The van der Waals surface area contributed by atoms with E-state index in [1.807, 2.05) is 47.9 Å². The number of anilines is 4. The first-order chi connectivity index (χ1) is 13.8. The van der Waals surface area contributed by atoms with Gasteiger partial charge < -0.3 is 26.7 Å². The molecule has 30 heavy (non-hydrogen) atoms. The van der Waals surface area contributed by atoms with Crippen LogP contribution in [-0.2, 0) is 18.8 Å². The first kappa shape index (κ1) is 25.5. The van der Waals surface area contributed by atoms with E-state index in [0.29, 0.717) is 37.6 Å². The van der Waals surface area contributed by atoms with Crippen molar-refractivity contribution in [3.05, 3.63) is 48.5 Å². The molecule has 0 heterocycles. The lowest BCUT2D eigenvalue weighted by molar-refractivity contribution is 0.221. The molecule has 0 spiro atoms. The molecule has 0 unspecified atom stereocenters. The van der Waals surface area contributed by atoms with E-state index in [4.69, 9.17) is 19.8 Å². The van der Waals surface area contributed by atoms with Gasteiger partial charge in [0.2, 0.25) is 0 Å². The van der Waals surface area contributed by atoms with Gasteiger partial charge in [-0.05, 0) is 62.4 Å². The third-order valence-corrected chi connectivity index (χ3v) is 5.37. The van der Waals surface area contributed by atoms with Gasteiger partial charge in [-0.15, -0.1) is 0 Å². The fourth-order valence-electron chi connectivity index (χ4n) is 2.84. The summed E-state index contributed by atoms with van der Waals surface area (Å²) in [6.45, 7) is 6.20. The maximum absolute atomic E-state index is 12.0. The molecule has 2 rings (SSSR count). The van der Waals surface area contributed by atoms with E-state index in [1.165, 1.54) is 0 Å². The van der Waals surface area contributed by atoms with Crippen LogP contribution in [0.4, 0.5) is 22.7 Å². The molecule has 0 aromatic heterocycles. The molecule has 0 atom stereocenters. The van der Waals surface area contributed by atoms with Gasteiger partial charge >= 0.3 is 10.4 Å². The quantitative estimate of drug-likeness (QED) is 0.474. The van der Waals surface area contributed by atoms with Crippen LogP contribution in [0.2, 0.25) is 0 Å². The summed E-state index contributed by atoms with van der Waals surface area (Å²) in [5.74, 6) is 0. The summed E-state index contributed by atoms with van der Waals surface area (Å²) in [5.41, 5.74) is 14.7. The van der Waals surface area contributed by atoms with Gasteiger partial charge in [-0.1, -0.05) is 0 Å². The minimum atomic E-state index is -4.06. The van der Waals surface area contributed by atoms with Crippen molar-refractivity contribution in [1.82, 2.24) is 0 Å². The first-order valence-electron chi connectivity index (χ1n) is 9.59. The van der Waals surface area contributed by atoms with Gasteiger partial charge in [0.25, 0.3) is 0 Å². The SMILES string of the molecule is CCN(CCOS(=O)(=O)OCCN(CC)c1ccc(N)cc1)c1ccc(N)cc1.O. The molecule has 0 radical (unpaired) electrons. The Morgan fingerprint density at radius 3 is 1.37 bits per heavy atom. The summed E-state index contributed by atoms with van der Waals surface area (Å²) in [4.78, 5) is 3.99. The van der Waals surface area contributed by atoms with Crippen molar-refractivity contribution in [2.24, 2.45) is 0 Å². The highest BCUT2D eigenvalue weighted by atomic mass is 32.3. The first-order valence-corrected chi connectivity index (χ1v) is 10.9. The number of nitrogens with two attached hydrogens (primary N) is 2. The summed E-state index contributed by atoms with van der Waals surface area (Å²) in [5, 5.41) is 0. The van der Waals surface area contributed by atoms with Crippen molar-refractivity contribution in [3.63, 3.8) is 0 Å². The molecule has 168 valence electrons. The van der Waals surface area contributed by atoms with Crippen LogP contribution >= 0.6 is 0 Å². The van der Waals surface area contributed by atoms with Crippen LogP contribution in [0.15, 0.2) is 48.5 Å². The second kappa shape index (κ2) is 12.2. The van der Waals surface area contributed by atoms with Crippen molar-refractivity contribution in [3.8, 4) is 0 Å². The van der Waals surface area contributed by atoms with Crippen LogP contribution in [0.1, 0.15) is 13.8 Å². The molecule has 2 aromatic carbocycles. The molecular formula is C20H32N4O5S. The molecule has 2 aromatic rings. The van der Waals surface area contributed by atoms with Crippen LogP contribution in [0.25, 0.3) is 0 Å². The van der Waals surface area contributed by atoms with Gasteiger partial charge in [0.05, 0.1) is 13.2 Å². The number of likely N-dealkylation sites (N-methyl/N-ethyl adjacent to an activating group) is 2. The Balaban J connectivity index is 0.00000450. The highest BCUT2D eigenvalue weighted by Gasteiger charge is 2.14. The Hall–Kier alpha value is -2.53. The zero-order chi connectivity index (χ0) is 21.3. The van der Waals surface area contributed by atoms with Gasteiger partial charge in [0.1, 0.15) is 0 Å². The van der Waals surface area contributed by atoms with Crippen LogP contribution in [-0.4, -0.2) is 53.3 Å². The third kappa shape index (κ3) is 8.07. The predicted octanol–water partition coefficient (Wildman–Crippen LogP) is 1.66. The molecule has 0 aliphatic rings. The molecule has 10 heteroatoms. The van der Waals surface area contributed by atoms with Gasteiger partial charge in [-0.25, -0.2) is 8.37 Å². The second-order valence-electron chi connectivity index (χ2n) is 6.39. The number of nitrogens with zero attached hydrogens (tertiary/aromatic N) is 2. The highest BCUT2D eigenvalue weighted by molar-refractivity contribution is 7.81. The summed E-state index contributed by atoms with van der Waals surface area (Å²) < 4.78 is 34.0. The Morgan fingerprint density at radius 1 is 0.733 bits per heavy atom. The smallest absolute Gasteiger partial charge is 0.399 e. The van der Waals surface area contributed by atoms with Gasteiger partial charge in [-0.3, -0.25) is 0 Å². The number of rotatable bonds is 12. The lowest BCUT2D eigenvalue weighted by Gasteiger charge is -2.23. The maximum Gasteiger partial charge on any atom is 0.399 e. The summed E-state index contributed by atoms with van der Waals surface area (Å²) in [6, 6.07) is 14.8. The van der Waals surface area contributed by atoms with Crippen molar-refractivity contribution < 1.29 is 22.3 Å². The Morgan fingerprint density at radius 2 is 1.07 bits per heavy atom. The van der Waals surface area contributed by atoms with E-state index in [2.05, 4.69) is 0 Å². The normalized spacial score (nSPS) is 11.0. The summed E-state index contributed by atoms with van der Waals surface area (Å²) in [7, 11) is -4.06. The Bertz CT molecular complexity index is 779. The molecule has 9 nitrogen and oxygen atoms in total. The number of benzene rings is 2. The molecule has 0 aliphatic heterocycles. The van der Waals surface area contributed by atoms with Crippen molar-refractivity contribution >= 4 is 33.1 Å². The average molecular weight is 441 g/mol. The van der Waals surface area contributed by atoms with E-state index in [0.717, 1.165) is 11.4 Å². The lowest BCUT2D eigenvalue weighted by atomic mass is 10.2. The molecule has 0 amide bonds. The minimum Gasteiger partial charge on any atom is -0.412 e. The fourth-order valence-corrected chi connectivity index (χ4v) is 3.47. The van der Waals surface area contributed by atoms with Gasteiger partial charge in [0.15, 0.2) is 0 Å². The van der Waals surface area contributed by atoms with Crippen LogP contribution in [0, 0.1) is 0 Å². The fraction of sp³-hybridized carbons (Fsp3) is 0.400. The van der Waals surface area contributed by atoms with Crippen molar-refractivity contribution in [2.45, 2.75) is 13.8 Å². The standard InChI is InChI=1S/C20H30N4O4S.H2O/c1-3-23(19-9-5-17(21)6-10-19)13-15-27-29(25,26)28-16-14-24(4-2)20-11-7-18(22)8-12-20;/h5-12H,3-4,13-16,21-22H2,1-2H3;1H2. The topological polar surface area (TPSA) is 143 Å². The zero-order valence-corrected chi connectivity index (χ0v) is 18.3. The molecule has 0 saturated heterocycles. The number of nitrogen functional groups attached to an aromatic ring is 2. The maximum atomic E-state index is 12.0. The van der Waals surface area contributed by atoms with Crippen molar-refractivity contribution in [1.29, 1.82) is 0 Å². The van der Waals surface area contributed by atoms with Gasteiger partial charge in [-0.2, -0.15) is 8.42 Å². The molecule has 0 fully saturated rings. The predicted molar refractivity (Wildman–Crippen MR) is 122 cm³/mol. The van der Waals surface area contributed by atoms with E-state index in [9.17, 15) is 8.42 Å². The van der Waals surface area contributed by atoms with E-state index < -0.39 is 10.4 Å². The summed E-state index contributed by atoms with van der Waals surface area (Å²) in [6.07, 6.45) is 0. The highest BCUT2D eigenvalue weighted by Crippen LogP contribution is 2.17. The van der Waals surface area contributed by atoms with Gasteiger partial charge in [0, 0.05) is 48.9 Å². The van der Waals surface area contributed by atoms with E-state index >= 15 is 0 Å². The molecule has 0 bridgehead atoms. The monoisotopic (exact) mass is 440 g/mol. The molecular weight excluding hydrogens is 408 g/mol. The van der Waals surface area contributed by atoms with Crippen LogP contribution in [0.3, 0.4) is 0 Å². The molecule has 0 aliphatic carbocycles. The van der Waals surface area contributed by atoms with E-state index in [1.54, 1.807) is 24.3 Å². The lowest BCUT2D eigenvalue weighted by Crippen LogP contribution is -2.30. The minimum absolute atomic E-state index is 0. The van der Waals surface area contributed by atoms with E-state index in [-0.39, 0.29) is 18.7 Å². The summed E-state index contributed by atoms with van der Waals surface area (Å²) >= 11 is 0. The number of hydrogen-bond acceptors (Lipinski definition) is 8. The second-order valence-corrected chi connectivity index (χ2v) is 7.68. The molecule has 0 saturated carbocycles. The van der Waals surface area contributed by atoms with Crippen LogP contribution < -0.4 is 21.3 Å². The average Bonchev–Trinajstić information content (AvgIpc) is 2.70. The largest absolute Gasteiger partial charge is 0.412 e. The number of hydrogen-bond donors (Lipinski definition) is 2. The Kier molecular flexibility index (Phi) is 10.4.